The van der Waals surface area contributed by atoms with E-state index in [-0.39, 0.29) is 17.8 Å². The van der Waals surface area contributed by atoms with Crippen LogP contribution in [0, 0.1) is 19.8 Å². The van der Waals surface area contributed by atoms with E-state index in [1.54, 1.807) is 4.31 Å². The molecular weight excluding hydrogens is 344 g/mol. The Bertz CT molecular complexity index is 658. The smallest absolute Gasteiger partial charge is 0.243 e. The third-order valence-corrected chi connectivity index (χ3v) is 6.84. The van der Waals surface area contributed by atoms with Crippen molar-refractivity contribution in [3.05, 3.63) is 28.8 Å². The monoisotopic (exact) mass is 374 g/mol. The Kier molecular flexibility index (Phi) is 6.90. The van der Waals surface area contributed by atoms with Gasteiger partial charge in [-0.1, -0.05) is 32.9 Å². The largest absolute Gasteiger partial charge is 0.319 e. The third-order valence-electron chi connectivity index (χ3n) is 4.67. The van der Waals surface area contributed by atoms with E-state index in [1.807, 2.05) is 33.0 Å². The minimum atomic E-state index is -3.41. The zero-order valence-electron chi connectivity index (χ0n) is 15.6. The van der Waals surface area contributed by atoms with Gasteiger partial charge in [0.1, 0.15) is 0 Å². The van der Waals surface area contributed by atoms with Crippen molar-refractivity contribution in [1.82, 2.24) is 9.62 Å². The Morgan fingerprint density at radius 2 is 1.75 bits per heavy atom. The third kappa shape index (κ3) is 4.31. The highest BCUT2D eigenvalue weighted by molar-refractivity contribution is 7.89. The van der Waals surface area contributed by atoms with E-state index in [9.17, 15) is 8.42 Å². The lowest BCUT2D eigenvalue weighted by atomic mass is 9.85. The van der Waals surface area contributed by atoms with E-state index in [0.717, 1.165) is 24.1 Å². The molecule has 0 spiro atoms. The van der Waals surface area contributed by atoms with Crippen LogP contribution in [0.3, 0.4) is 0 Å². The summed E-state index contributed by atoms with van der Waals surface area (Å²) < 4.78 is 27.8. The summed E-state index contributed by atoms with van der Waals surface area (Å²) in [5.41, 5.74) is 2.91. The zero-order chi connectivity index (χ0) is 17.4. The van der Waals surface area contributed by atoms with Gasteiger partial charge in [-0.3, -0.25) is 0 Å². The fraction of sp³-hybridized carbons (Fsp3) is 0.667. The molecule has 24 heavy (non-hydrogen) atoms. The molecular formula is C18H31ClN2O2S. The lowest BCUT2D eigenvalue weighted by Crippen LogP contribution is -2.31. The van der Waals surface area contributed by atoms with Crippen LogP contribution in [0.25, 0.3) is 0 Å². The molecule has 1 aliphatic rings. The van der Waals surface area contributed by atoms with Gasteiger partial charge < -0.3 is 5.32 Å². The lowest BCUT2D eigenvalue weighted by Gasteiger charge is -2.24. The normalized spacial score (nSPS) is 19.3. The first-order chi connectivity index (χ1) is 10.6. The van der Waals surface area contributed by atoms with Crippen molar-refractivity contribution in [3.63, 3.8) is 0 Å². The van der Waals surface area contributed by atoms with Crippen molar-refractivity contribution < 1.29 is 8.42 Å². The number of nitrogens with zero attached hydrogens (tertiary/aromatic N) is 1. The molecule has 1 atom stereocenters. The second-order valence-electron chi connectivity index (χ2n) is 7.76. The topological polar surface area (TPSA) is 49.4 Å². The maximum Gasteiger partial charge on any atom is 0.243 e. The first-order valence-electron chi connectivity index (χ1n) is 8.34. The molecule has 1 N–H and O–H groups in total. The van der Waals surface area contributed by atoms with E-state index < -0.39 is 10.0 Å². The van der Waals surface area contributed by atoms with Gasteiger partial charge in [0.2, 0.25) is 10.0 Å². The number of halogens is 1. The number of sulfonamides is 1. The van der Waals surface area contributed by atoms with Crippen LogP contribution in [0.4, 0.5) is 0 Å². The molecule has 0 aromatic heterocycles. The summed E-state index contributed by atoms with van der Waals surface area (Å²) in [5, 5.41) is 3.15. The number of rotatable bonds is 4. The van der Waals surface area contributed by atoms with Crippen molar-refractivity contribution >= 4 is 22.4 Å². The lowest BCUT2D eigenvalue weighted by molar-refractivity contribution is 0.450. The van der Waals surface area contributed by atoms with Crippen LogP contribution in [-0.2, 0) is 15.4 Å². The van der Waals surface area contributed by atoms with Crippen LogP contribution in [-0.4, -0.2) is 39.4 Å². The van der Waals surface area contributed by atoms with Crippen LogP contribution in [0.2, 0.25) is 0 Å². The quantitative estimate of drug-likeness (QED) is 0.880. The standard InChI is InChI=1S/C18H30N2O2S.ClH/c1-13-9-16(18(3,4)5)10-14(2)17(13)23(21,22)20-8-7-15(12-20)11-19-6;/h9-10,15,19H,7-8,11-12H2,1-6H3;1H. The van der Waals surface area contributed by atoms with Crippen LogP contribution >= 0.6 is 12.4 Å². The fourth-order valence-electron chi connectivity index (χ4n) is 3.39. The van der Waals surface area contributed by atoms with Gasteiger partial charge in [-0.2, -0.15) is 4.31 Å². The minimum absolute atomic E-state index is 0. The maximum atomic E-state index is 13.1. The summed E-state index contributed by atoms with van der Waals surface area (Å²) in [4.78, 5) is 0.496. The number of benzene rings is 1. The van der Waals surface area contributed by atoms with Crippen LogP contribution < -0.4 is 5.32 Å². The van der Waals surface area contributed by atoms with Crippen LogP contribution in [0.5, 0.6) is 0 Å². The van der Waals surface area contributed by atoms with Crippen LogP contribution in [0.15, 0.2) is 17.0 Å². The second-order valence-corrected chi connectivity index (χ2v) is 9.64. The van der Waals surface area contributed by atoms with Gasteiger partial charge in [0.15, 0.2) is 0 Å². The predicted octanol–water partition coefficient (Wildman–Crippen LogP) is 3.25. The molecule has 138 valence electrons. The van der Waals surface area contributed by atoms with Crippen molar-refractivity contribution in [1.29, 1.82) is 0 Å². The summed E-state index contributed by atoms with van der Waals surface area (Å²) >= 11 is 0. The van der Waals surface area contributed by atoms with Gasteiger partial charge in [0, 0.05) is 13.1 Å². The second kappa shape index (κ2) is 7.73. The molecule has 0 aliphatic carbocycles. The van der Waals surface area contributed by atoms with Gasteiger partial charge in [0.05, 0.1) is 4.90 Å². The Balaban J connectivity index is 0.00000288. The molecule has 4 nitrogen and oxygen atoms in total. The van der Waals surface area contributed by atoms with Gasteiger partial charge >= 0.3 is 0 Å². The molecule has 2 rings (SSSR count). The van der Waals surface area contributed by atoms with E-state index in [1.165, 1.54) is 5.56 Å². The number of hydrogen-bond acceptors (Lipinski definition) is 3. The van der Waals surface area contributed by atoms with Crippen LogP contribution in [0.1, 0.15) is 43.9 Å². The summed E-state index contributed by atoms with van der Waals surface area (Å²) in [6.07, 6.45) is 0.929. The van der Waals surface area contributed by atoms with Crippen molar-refractivity contribution in [3.8, 4) is 0 Å². The molecule has 6 heteroatoms. The van der Waals surface area contributed by atoms with E-state index in [0.29, 0.717) is 23.9 Å². The van der Waals surface area contributed by atoms with Gasteiger partial charge in [-0.05, 0) is 61.9 Å². The highest BCUT2D eigenvalue weighted by atomic mass is 35.5. The predicted molar refractivity (Wildman–Crippen MR) is 103 cm³/mol. The van der Waals surface area contributed by atoms with Crippen molar-refractivity contribution in [2.75, 3.05) is 26.7 Å². The van der Waals surface area contributed by atoms with E-state index >= 15 is 0 Å². The van der Waals surface area contributed by atoms with E-state index in [2.05, 4.69) is 26.1 Å². The molecule has 1 unspecified atom stereocenters. The van der Waals surface area contributed by atoms with Gasteiger partial charge in [-0.15, -0.1) is 12.4 Å². The molecule has 0 bridgehead atoms. The molecule has 1 aliphatic heterocycles. The van der Waals surface area contributed by atoms with Gasteiger partial charge in [0.25, 0.3) is 0 Å². The highest BCUT2D eigenvalue weighted by Gasteiger charge is 2.34. The molecule has 1 aromatic rings. The summed E-state index contributed by atoms with van der Waals surface area (Å²) in [5.74, 6) is 0.407. The molecule has 1 fully saturated rings. The zero-order valence-corrected chi connectivity index (χ0v) is 17.3. The first-order valence-corrected chi connectivity index (χ1v) is 9.78. The van der Waals surface area contributed by atoms with Gasteiger partial charge in [-0.25, -0.2) is 8.42 Å². The van der Waals surface area contributed by atoms with Crippen molar-refractivity contribution in [2.45, 2.75) is 51.3 Å². The Morgan fingerprint density at radius 3 is 2.21 bits per heavy atom. The Morgan fingerprint density at radius 1 is 1.21 bits per heavy atom. The molecule has 0 amide bonds. The number of nitrogens with one attached hydrogen (secondary N) is 1. The average Bonchev–Trinajstić information content (AvgIpc) is 2.86. The molecule has 1 saturated heterocycles. The minimum Gasteiger partial charge on any atom is -0.319 e. The molecule has 1 aromatic carbocycles. The highest BCUT2D eigenvalue weighted by Crippen LogP contribution is 2.32. The Labute approximate surface area is 153 Å². The fourth-order valence-corrected chi connectivity index (χ4v) is 5.33. The average molecular weight is 375 g/mol. The molecule has 1 heterocycles. The molecule has 0 radical (unpaired) electrons. The Hall–Kier alpha value is -0.620. The summed E-state index contributed by atoms with van der Waals surface area (Å²) in [7, 11) is -1.49. The number of hydrogen-bond donors (Lipinski definition) is 1. The SMILES string of the molecule is CNCC1CCN(S(=O)(=O)c2c(C)cc(C(C)(C)C)cc2C)C1.Cl. The molecule has 0 saturated carbocycles. The maximum absolute atomic E-state index is 13.1. The van der Waals surface area contributed by atoms with Crippen molar-refractivity contribution in [2.24, 2.45) is 5.92 Å². The van der Waals surface area contributed by atoms with E-state index in [4.69, 9.17) is 0 Å². The summed E-state index contributed by atoms with van der Waals surface area (Å²) in [6, 6.07) is 4.06. The first kappa shape index (κ1) is 21.4. The summed E-state index contributed by atoms with van der Waals surface area (Å²) in [6.45, 7) is 12.4. The number of aryl methyl sites for hydroxylation is 2.